The van der Waals surface area contributed by atoms with E-state index in [2.05, 4.69) is 36.2 Å². The van der Waals surface area contributed by atoms with Crippen molar-refractivity contribution < 1.29 is 0 Å². The van der Waals surface area contributed by atoms with Crippen LogP contribution in [0.15, 0.2) is 24.3 Å². The van der Waals surface area contributed by atoms with Crippen molar-refractivity contribution in [3.63, 3.8) is 0 Å². The van der Waals surface area contributed by atoms with Gasteiger partial charge in [-0.3, -0.25) is 0 Å². The van der Waals surface area contributed by atoms with E-state index in [9.17, 15) is 0 Å². The Morgan fingerprint density at radius 3 is 3.08 bits per heavy atom. The van der Waals surface area contributed by atoms with Crippen LogP contribution >= 0.6 is 0 Å². The summed E-state index contributed by atoms with van der Waals surface area (Å²) in [4.78, 5) is 2.52. The van der Waals surface area contributed by atoms with Gasteiger partial charge in [0.25, 0.3) is 0 Å². The van der Waals surface area contributed by atoms with Crippen molar-refractivity contribution in [2.24, 2.45) is 0 Å². The molecule has 13 heavy (non-hydrogen) atoms. The van der Waals surface area contributed by atoms with Crippen molar-refractivity contribution in [1.29, 1.82) is 0 Å². The van der Waals surface area contributed by atoms with Crippen LogP contribution in [0, 0.1) is 0 Å². The molecule has 0 N–H and O–H groups in total. The summed E-state index contributed by atoms with van der Waals surface area (Å²) in [6, 6.07) is 9.78. The highest BCUT2D eigenvalue weighted by Crippen LogP contribution is 2.39. The molecule has 0 radical (unpaired) electrons. The molecule has 1 nitrogen and oxygen atoms in total. The average molecular weight is 173 g/mol. The van der Waals surface area contributed by atoms with Crippen LogP contribution in [0.3, 0.4) is 0 Å². The molecule has 3 rings (SSSR count). The quantitative estimate of drug-likeness (QED) is 0.580. The van der Waals surface area contributed by atoms with Gasteiger partial charge in [-0.25, -0.2) is 0 Å². The fourth-order valence-electron chi connectivity index (χ4n) is 2.92. The molecule has 1 fully saturated rings. The molecule has 2 unspecified atom stereocenters. The zero-order valence-electron chi connectivity index (χ0n) is 8.03. The summed E-state index contributed by atoms with van der Waals surface area (Å²) in [5.74, 6) is 0.819. The maximum Gasteiger partial charge on any atom is 0.0139 e. The minimum Gasteiger partial charge on any atom is -0.302 e. The summed E-state index contributed by atoms with van der Waals surface area (Å²) >= 11 is 0. The molecule has 0 saturated carbocycles. The topological polar surface area (TPSA) is 3.24 Å². The first kappa shape index (κ1) is 7.57. The van der Waals surface area contributed by atoms with Gasteiger partial charge in [0.1, 0.15) is 0 Å². The van der Waals surface area contributed by atoms with E-state index in [1.807, 2.05) is 0 Å². The minimum absolute atomic E-state index is 0.819. The maximum absolute atomic E-state index is 2.52. The van der Waals surface area contributed by atoms with E-state index in [1.54, 1.807) is 11.1 Å². The Morgan fingerprint density at radius 1 is 1.31 bits per heavy atom. The fourth-order valence-corrected chi connectivity index (χ4v) is 2.92. The van der Waals surface area contributed by atoms with E-state index in [1.165, 1.54) is 19.4 Å². The summed E-state index contributed by atoms with van der Waals surface area (Å²) in [6.45, 7) is 1.27. The number of likely N-dealkylation sites (N-methyl/N-ethyl adjacent to an activating group) is 1. The first-order chi connectivity index (χ1) is 6.34. The van der Waals surface area contributed by atoms with Crippen LogP contribution in [0.1, 0.15) is 23.5 Å². The molecule has 1 aliphatic heterocycles. The summed E-state index contributed by atoms with van der Waals surface area (Å²) in [7, 11) is 2.26. The van der Waals surface area contributed by atoms with Gasteiger partial charge in [0, 0.05) is 12.6 Å². The Balaban J connectivity index is 2.08. The maximum atomic E-state index is 2.52. The van der Waals surface area contributed by atoms with Crippen molar-refractivity contribution in [2.45, 2.75) is 24.8 Å². The lowest BCUT2D eigenvalue weighted by molar-refractivity contribution is 0.311. The second-order valence-electron chi connectivity index (χ2n) is 4.43. The molecule has 68 valence electrons. The number of fused-ring (bicyclic) bond motifs is 4. The minimum atomic E-state index is 0.819. The van der Waals surface area contributed by atoms with E-state index in [4.69, 9.17) is 0 Å². The first-order valence-electron chi connectivity index (χ1n) is 5.12. The van der Waals surface area contributed by atoms with Gasteiger partial charge in [-0.2, -0.15) is 0 Å². The predicted molar refractivity (Wildman–Crippen MR) is 53.9 cm³/mol. The first-order valence-corrected chi connectivity index (χ1v) is 5.12. The van der Waals surface area contributed by atoms with Gasteiger partial charge < -0.3 is 4.90 Å². The van der Waals surface area contributed by atoms with Crippen molar-refractivity contribution in [3.8, 4) is 0 Å². The van der Waals surface area contributed by atoms with Crippen molar-refractivity contribution in [1.82, 2.24) is 4.90 Å². The molecule has 2 aliphatic rings. The van der Waals surface area contributed by atoms with Gasteiger partial charge in [0.05, 0.1) is 0 Å². The molecule has 0 spiro atoms. The van der Waals surface area contributed by atoms with E-state index >= 15 is 0 Å². The Kier molecular flexibility index (Phi) is 1.50. The van der Waals surface area contributed by atoms with E-state index in [0.29, 0.717) is 0 Å². The smallest absolute Gasteiger partial charge is 0.0139 e. The van der Waals surface area contributed by atoms with Crippen LogP contribution < -0.4 is 0 Å². The summed E-state index contributed by atoms with van der Waals surface area (Å²) < 4.78 is 0. The molecule has 0 aromatic heterocycles. The lowest BCUT2D eigenvalue weighted by atomic mass is 9.84. The predicted octanol–water partition coefficient (Wildman–Crippen LogP) is 2.03. The SMILES string of the molecule is CN1CC2CC1Cc1ccccc12. The largest absolute Gasteiger partial charge is 0.302 e. The van der Waals surface area contributed by atoms with Crippen LogP contribution in [0.4, 0.5) is 0 Å². The van der Waals surface area contributed by atoms with Crippen molar-refractivity contribution in [2.75, 3.05) is 13.6 Å². The lowest BCUT2D eigenvalue weighted by Crippen LogP contribution is -2.26. The summed E-state index contributed by atoms with van der Waals surface area (Å²) in [6.07, 6.45) is 2.65. The molecule has 1 saturated heterocycles. The highest BCUT2D eigenvalue weighted by atomic mass is 15.2. The molecule has 1 aromatic carbocycles. The van der Waals surface area contributed by atoms with E-state index in [-0.39, 0.29) is 0 Å². The van der Waals surface area contributed by atoms with Gasteiger partial charge in [-0.05, 0) is 36.9 Å². The molecule has 0 amide bonds. The third-order valence-corrected chi connectivity index (χ3v) is 3.64. The zero-order valence-corrected chi connectivity index (χ0v) is 8.03. The summed E-state index contributed by atoms with van der Waals surface area (Å²) in [5.41, 5.74) is 3.20. The molecule has 2 bridgehead atoms. The highest BCUT2D eigenvalue weighted by molar-refractivity contribution is 5.35. The third-order valence-electron chi connectivity index (χ3n) is 3.64. The number of likely N-dealkylation sites (tertiary alicyclic amines) is 1. The summed E-state index contributed by atoms with van der Waals surface area (Å²) in [5, 5.41) is 0. The second kappa shape index (κ2) is 2.58. The van der Waals surface area contributed by atoms with E-state index in [0.717, 1.165) is 12.0 Å². The van der Waals surface area contributed by atoms with Crippen LogP contribution in [0.2, 0.25) is 0 Å². The Bertz CT molecular complexity index is 330. The zero-order chi connectivity index (χ0) is 8.84. The lowest BCUT2D eigenvalue weighted by Gasteiger charge is -2.23. The van der Waals surface area contributed by atoms with Gasteiger partial charge in [0.15, 0.2) is 0 Å². The number of hydrogen-bond acceptors (Lipinski definition) is 1. The van der Waals surface area contributed by atoms with Crippen LogP contribution in [-0.4, -0.2) is 24.5 Å². The molecule has 2 atom stereocenters. The molecule has 1 heteroatoms. The Labute approximate surface area is 79.4 Å². The van der Waals surface area contributed by atoms with Gasteiger partial charge in [0.2, 0.25) is 0 Å². The molecule has 1 aliphatic carbocycles. The van der Waals surface area contributed by atoms with Gasteiger partial charge in [-0.1, -0.05) is 24.3 Å². The molecule has 1 aromatic rings. The molecular weight excluding hydrogens is 158 g/mol. The highest BCUT2D eigenvalue weighted by Gasteiger charge is 2.35. The number of rotatable bonds is 0. The molecule has 1 heterocycles. The van der Waals surface area contributed by atoms with Gasteiger partial charge >= 0.3 is 0 Å². The van der Waals surface area contributed by atoms with E-state index < -0.39 is 0 Å². The molecular formula is C12H15N. The van der Waals surface area contributed by atoms with Crippen molar-refractivity contribution in [3.05, 3.63) is 35.4 Å². The van der Waals surface area contributed by atoms with Crippen LogP contribution in [0.25, 0.3) is 0 Å². The van der Waals surface area contributed by atoms with Gasteiger partial charge in [-0.15, -0.1) is 0 Å². The fraction of sp³-hybridized carbons (Fsp3) is 0.500. The standard InChI is InChI=1S/C12H15N/c1-13-8-10-7-11(13)6-9-4-2-3-5-12(9)10/h2-5,10-11H,6-8H2,1H3. The van der Waals surface area contributed by atoms with Crippen molar-refractivity contribution >= 4 is 0 Å². The third kappa shape index (κ3) is 1.03. The Morgan fingerprint density at radius 2 is 2.15 bits per heavy atom. The number of nitrogens with zero attached hydrogens (tertiary/aromatic N) is 1. The Hall–Kier alpha value is -0.820. The number of benzene rings is 1. The number of hydrogen-bond donors (Lipinski definition) is 0. The van der Waals surface area contributed by atoms with Crippen LogP contribution in [0.5, 0.6) is 0 Å². The van der Waals surface area contributed by atoms with Crippen LogP contribution in [-0.2, 0) is 6.42 Å². The normalized spacial score (nSPS) is 31.8. The monoisotopic (exact) mass is 173 g/mol. The average Bonchev–Trinajstić information content (AvgIpc) is 2.44. The second-order valence-corrected chi connectivity index (χ2v) is 4.43.